The van der Waals surface area contributed by atoms with E-state index >= 15 is 0 Å². The monoisotopic (exact) mass is 338 g/mol. The Morgan fingerprint density at radius 1 is 1.14 bits per heavy atom. The molecule has 22 heavy (non-hydrogen) atoms. The molecule has 0 aliphatic rings. The molecule has 2 N–H and O–H groups in total. The smallest absolute Gasteiger partial charge is 0.238 e. The molecule has 2 aromatic rings. The van der Waals surface area contributed by atoms with Gasteiger partial charge in [-0.1, -0.05) is 41.9 Å². The van der Waals surface area contributed by atoms with Gasteiger partial charge in [0.15, 0.2) is 0 Å². The molecule has 0 saturated carbocycles. The highest BCUT2D eigenvalue weighted by Crippen LogP contribution is 2.24. The molecule has 0 aliphatic carbocycles. The van der Waals surface area contributed by atoms with Crippen molar-refractivity contribution in [2.24, 2.45) is 5.14 Å². The molecule has 2 rings (SSSR count). The minimum Gasteiger partial charge on any atom is -0.295 e. The Labute approximate surface area is 136 Å². The molecule has 0 saturated heterocycles. The van der Waals surface area contributed by atoms with Crippen molar-refractivity contribution in [1.82, 2.24) is 4.90 Å². The summed E-state index contributed by atoms with van der Waals surface area (Å²) in [5.41, 5.74) is 2.07. The number of primary sulfonamides is 1. The molecule has 2 aromatic carbocycles. The third-order valence-electron chi connectivity index (χ3n) is 3.73. The molecule has 0 radical (unpaired) electrons. The lowest BCUT2D eigenvalue weighted by Gasteiger charge is -2.25. The first-order valence-corrected chi connectivity index (χ1v) is 8.78. The Morgan fingerprint density at radius 3 is 2.27 bits per heavy atom. The van der Waals surface area contributed by atoms with Crippen molar-refractivity contribution in [3.8, 4) is 0 Å². The van der Waals surface area contributed by atoms with E-state index in [2.05, 4.69) is 11.8 Å². The lowest BCUT2D eigenvalue weighted by molar-refractivity contribution is 0.253. The van der Waals surface area contributed by atoms with E-state index < -0.39 is 10.0 Å². The maximum atomic E-state index is 11.3. The van der Waals surface area contributed by atoms with Gasteiger partial charge in [-0.2, -0.15) is 0 Å². The Balaban J connectivity index is 2.14. The minimum atomic E-state index is -3.65. The van der Waals surface area contributed by atoms with Crippen LogP contribution in [0.5, 0.6) is 0 Å². The van der Waals surface area contributed by atoms with Gasteiger partial charge in [-0.05, 0) is 43.3 Å². The van der Waals surface area contributed by atoms with Gasteiger partial charge >= 0.3 is 0 Å². The quantitative estimate of drug-likeness (QED) is 0.910. The zero-order valence-electron chi connectivity index (χ0n) is 12.5. The van der Waals surface area contributed by atoms with E-state index in [1.807, 2.05) is 31.3 Å². The summed E-state index contributed by atoms with van der Waals surface area (Å²) in [7, 11) is -1.65. The molecule has 0 fully saturated rings. The van der Waals surface area contributed by atoms with Gasteiger partial charge in [0, 0.05) is 17.6 Å². The third-order valence-corrected chi connectivity index (χ3v) is 5.03. The summed E-state index contributed by atoms with van der Waals surface area (Å²) < 4.78 is 22.6. The zero-order valence-corrected chi connectivity index (χ0v) is 14.1. The van der Waals surface area contributed by atoms with Crippen molar-refractivity contribution in [2.75, 3.05) is 7.05 Å². The Morgan fingerprint density at radius 2 is 1.73 bits per heavy atom. The SMILES string of the molecule is C[C@H](c1ccc(S(N)(=O)=O)cc1)N(C)Cc1ccccc1Cl. The predicted octanol–water partition coefficient (Wildman–Crippen LogP) is 3.18. The molecule has 4 nitrogen and oxygen atoms in total. The Hall–Kier alpha value is -1.40. The molecule has 0 amide bonds. The average Bonchev–Trinajstić information content (AvgIpc) is 2.48. The number of hydrogen-bond donors (Lipinski definition) is 1. The predicted molar refractivity (Wildman–Crippen MR) is 89.1 cm³/mol. The molecule has 0 bridgehead atoms. The summed E-state index contributed by atoms with van der Waals surface area (Å²) in [5.74, 6) is 0. The first kappa shape index (κ1) is 17.0. The zero-order chi connectivity index (χ0) is 16.3. The summed E-state index contributed by atoms with van der Waals surface area (Å²) in [6.07, 6.45) is 0. The summed E-state index contributed by atoms with van der Waals surface area (Å²) in [4.78, 5) is 2.27. The average molecular weight is 339 g/mol. The lowest BCUT2D eigenvalue weighted by Crippen LogP contribution is -2.22. The van der Waals surface area contributed by atoms with Crippen LogP contribution in [-0.4, -0.2) is 20.4 Å². The van der Waals surface area contributed by atoms with E-state index in [9.17, 15) is 8.42 Å². The van der Waals surface area contributed by atoms with Gasteiger partial charge in [-0.3, -0.25) is 4.90 Å². The number of nitrogens with zero attached hydrogens (tertiary/aromatic N) is 1. The van der Waals surface area contributed by atoms with Gasteiger partial charge in [0.2, 0.25) is 10.0 Å². The van der Waals surface area contributed by atoms with Crippen LogP contribution < -0.4 is 5.14 Å². The van der Waals surface area contributed by atoms with Gasteiger partial charge < -0.3 is 0 Å². The first-order valence-electron chi connectivity index (χ1n) is 6.85. The number of nitrogens with two attached hydrogens (primary N) is 1. The van der Waals surface area contributed by atoms with Crippen molar-refractivity contribution in [2.45, 2.75) is 24.4 Å². The van der Waals surface area contributed by atoms with E-state index in [4.69, 9.17) is 16.7 Å². The molecule has 0 aliphatic heterocycles. The van der Waals surface area contributed by atoms with Gasteiger partial charge in [0.1, 0.15) is 0 Å². The summed E-state index contributed by atoms with van der Waals surface area (Å²) in [6.45, 7) is 2.76. The van der Waals surface area contributed by atoms with Crippen LogP contribution in [-0.2, 0) is 16.6 Å². The topological polar surface area (TPSA) is 63.4 Å². The van der Waals surface area contributed by atoms with Crippen LogP contribution in [0.25, 0.3) is 0 Å². The highest BCUT2D eigenvalue weighted by Gasteiger charge is 2.14. The van der Waals surface area contributed by atoms with Crippen molar-refractivity contribution >= 4 is 21.6 Å². The van der Waals surface area contributed by atoms with Crippen LogP contribution >= 0.6 is 11.6 Å². The van der Waals surface area contributed by atoms with Gasteiger partial charge in [0.05, 0.1) is 4.90 Å². The molecule has 6 heteroatoms. The first-order chi connectivity index (χ1) is 10.3. The summed E-state index contributed by atoms with van der Waals surface area (Å²) in [6, 6.07) is 14.5. The number of benzene rings is 2. The highest BCUT2D eigenvalue weighted by molar-refractivity contribution is 7.89. The summed E-state index contributed by atoms with van der Waals surface area (Å²) >= 11 is 6.18. The second-order valence-corrected chi connectivity index (χ2v) is 7.27. The van der Waals surface area contributed by atoms with Crippen molar-refractivity contribution < 1.29 is 8.42 Å². The second kappa shape index (κ2) is 6.79. The lowest BCUT2D eigenvalue weighted by atomic mass is 10.1. The number of hydrogen-bond acceptors (Lipinski definition) is 3. The van der Waals surface area contributed by atoms with Crippen molar-refractivity contribution in [1.29, 1.82) is 0 Å². The normalized spacial score (nSPS) is 13.3. The van der Waals surface area contributed by atoms with E-state index in [1.165, 1.54) is 12.1 Å². The molecule has 118 valence electrons. The fraction of sp³-hybridized carbons (Fsp3) is 0.250. The third kappa shape index (κ3) is 4.08. The molecular weight excluding hydrogens is 320 g/mol. The summed E-state index contributed by atoms with van der Waals surface area (Å²) in [5, 5.41) is 5.85. The molecular formula is C16H19ClN2O2S. The molecule has 0 aromatic heterocycles. The van der Waals surface area contributed by atoms with Crippen LogP contribution in [0.2, 0.25) is 5.02 Å². The van der Waals surface area contributed by atoms with E-state index in [1.54, 1.807) is 12.1 Å². The molecule has 0 unspecified atom stereocenters. The van der Waals surface area contributed by atoms with Crippen LogP contribution in [0.4, 0.5) is 0 Å². The molecule has 0 spiro atoms. The van der Waals surface area contributed by atoms with Crippen LogP contribution in [0.3, 0.4) is 0 Å². The second-order valence-electron chi connectivity index (χ2n) is 5.30. The van der Waals surface area contributed by atoms with Gasteiger partial charge in [0.25, 0.3) is 0 Å². The fourth-order valence-corrected chi connectivity index (χ4v) is 2.93. The fourth-order valence-electron chi connectivity index (χ4n) is 2.22. The Kier molecular flexibility index (Phi) is 5.24. The number of halogens is 1. The van der Waals surface area contributed by atoms with Crippen LogP contribution in [0.15, 0.2) is 53.4 Å². The van der Waals surface area contributed by atoms with E-state index in [0.29, 0.717) is 6.54 Å². The van der Waals surface area contributed by atoms with Crippen molar-refractivity contribution in [3.63, 3.8) is 0 Å². The maximum absolute atomic E-state index is 11.3. The largest absolute Gasteiger partial charge is 0.295 e. The van der Waals surface area contributed by atoms with Crippen LogP contribution in [0, 0.1) is 0 Å². The van der Waals surface area contributed by atoms with Gasteiger partial charge in [-0.15, -0.1) is 0 Å². The van der Waals surface area contributed by atoms with E-state index in [-0.39, 0.29) is 10.9 Å². The van der Waals surface area contributed by atoms with Gasteiger partial charge in [-0.25, -0.2) is 13.6 Å². The standard InChI is InChI=1S/C16H19ClN2O2S/c1-12(13-7-9-15(10-8-13)22(18,20)21)19(2)11-14-5-3-4-6-16(14)17/h3-10,12H,11H2,1-2H3,(H2,18,20,21)/t12-/m1/s1. The highest BCUT2D eigenvalue weighted by atomic mass is 35.5. The molecule has 1 atom stereocenters. The Bertz CT molecular complexity index is 745. The van der Waals surface area contributed by atoms with Crippen molar-refractivity contribution in [3.05, 3.63) is 64.7 Å². The minimum absolute atomic E-state index is 0.116. The van der Waals surface area contributed by atoms with E-state index in [0.717, 1.165) is 16.1 Å². The molecule has 0 heterocycles. The number of rotatable bonds is 5. The maximum Gasteiger partial charge on any atom is 0.238 e. The van der Waals surface area contributed by atoms with Crippen LogP contribution in [0.1, 0.15) is 24.1 Å². The number of sulfonamides is 1.